The first-order valence-corrected chi connectivity index (χ1v) is 6.28. The van der Waals surface area contributed by atoms with Gasteiger partial charge in [0.15, 0.2) is 0 Å². The summed E-state index contributed by atoms with van der Waals surface area (Å²) in [6, 6.07) is -0.236. The fraction of sp³-hybridized carbons (Fsp3) is 0.583. The van der Waals surface area contributed by atoms with Crippen LogP contribution in [0.1, 0.15) is 31.9 Å². The normalized spacial score (nSPS) is 11.8. The van der Waals surface area contributed by atoms with E-state index in [1.54, 1.807) is 12.5 Å². The SMILES string of the molecule is CC(CCNC(=O)NCc1cnc[nH]1)CCC(=O)O. The number of carboxylic acids is 1. The Hall–Kier alpha value is -2.05. The fourth-order valence-corrected chi connectivity index (χ4v) is 1.57. The lowest BCUT2D eigenvalue weighted by Gasteiger charge is -2.11. The van der Waals surface area contributed by atoms with E-state index in [2.05, 4.69) is 20.6 Å². The van der Waals surface area contributed by atoms with Crippen LogP contribution in [-0.2, 0) is 11.3 Å². The van der Waals surface area contributed by atoms with E-state index < -0.39 is 5.97 Å². The third kappa shape index (κ3) is 7.07. The van der Waals surface area contributed by atoms with Gasteiger partial charge in [0.2, 0.25) is 0 Å². The maximum Gasteiger partial charge on any atom is 0.315 e. The van der Waals surface area contributed by atoms with Crippen LogP contribution in [0.4, 0.5) is 4.79 Å². The van der Waals surface area contributed by atoms with Crippen molar-refractivity contribution in [3.63, 3.8) is 0 Å². The number of nitrogens with zero attached hydrogens (tertiary/aromatic N) is 1. The van der Waals surface area contributed by atoms with Gasteiger partial charge in [-0.1, -0.05) is 6.92 Å². The number of carbonyl (C=O) groups is 2. The zero-order valence-electron chi connectivity index (χ0n) is 11.0. The molecular formula is C12H20N4O3. The van der Waals surface area contributed by atoms with Crippen LogP contribution >= 0.6 is 0 Å². The predicted molar refractivity (Wildman–Crippen MR) is 69.5 cm³/mol. The summed E-state index contributed by atoms with van der Waals surface area (Å²) in [5.74, 6) is -0.499. The summed E-state index contributed by atoms with van der Waals surface area (Å²) in [5, 5.41) is 14.0. The number of rotatable bonds is 8. The Morgan fingerprint density at radius 1 is 1.42 bits per heavy atom. The summed E-state index contributed by atoms with van der Waals surface area (Å²) >= 11 is 0. The second kappa shape index (κ2) is 8.12. The van der Waals surface area contributed by atoms with Crippen molar-refractivity contribution >= 4 is 12.0 Å². The zero-order valence-corrected chi connectivity index (χ0v) is 11.0. The molecule has 0 aliphatic rings. The number of hydrogen-bond donors (Lipinski definition) is 4. The number of urea groups is 1. The number of carboxylic acid groups (broad SMARTS) is 1. The van der Waals surface area contributed by atoms with Gasteiger partial charge in [-0.25, -0.2) is 9.78 Å². The number of aromatic nitrogens is 2. The number of aliphatic carboxylic acids is 1. The van der Waals surface area contributed by atoms with E-state index in [-0.39, 0.29) is 18.4 Å². The molecule has 0 bridgehead atoms. The van der Waals surface area contributed by atoms with Gasteiger partial charge < -0.3 is 20.7 Å². The van der Waals surface area contributed by atoms with Crippen molar-refractivity contribution in [2.24, 2.45) is 5.92 Å². The highest BCUT2D eigenvalue weighted by Gasteiger charge is 2.06. The van der Waals surface area contributed by atoms with Crippen molar-refractivity contribution in [2.75, 3.05) is 6.54 Å². The quantitative estimate of drug-likeness (QED) is 0.566. The molecule has 2 amide bonds. The lowest BCUT2D eigenvalue weighted by molar-refractivity contribution is -0.137. The minimum Gasteiger partial charge on any atom is -0.481 e. The van der Waals surface area contributed by atoms with Gasteiger partial charge in [-0.2, -0.15) is 0 Å². The minimum atomic E-state index is -0.780. The summed E-state index contributed by atoms with van der Waals surface area (Å²) in [7, 11) is 0. The molecule has 0 aromatic carbocycles. The monoisotopic (exact) mass is 268 g/mol. The molecule has 1 atom stereocenters. The third-order valence-corrected chi connectivity index (χ3v) is 2.77. The lowest BCUT2D eigenvalue weighted by Crippen LogP contribution is -2.36. The van der Waals surface area contributed by atoms with E-state index >= 15 is 0 Å². The lowest BCUT2D eigenvalue weighted by atomic mass is 10.0. The third-order valence-electron chi connectivity index (χ3n) is 2.77. The van der Waals surface area contributed by atoms with Gasteiger partial charge in [0.1, 0.15) is 0 Å². The van der Waals surface area contributed by atoms with Gasteiger partial charge in [-0.3, -0.25) is 4.79 Å². The minimum absolute atomic E-state index is 0.174. The first kappa shape index (κ1) is 15.0. The molecule has 7 nitrogen and oxygen atoms in total. The zero-order chi connectivity index (χ0) is 14.1. The molecule has 1 aromatic heterocycles. The molecule has 106 valence electrons. The van der Waals surface area contributed by atoms with Gasteiger partial charge in [-0.05, 0) is 18.8 Å². The summed E-state index contributed by atoms with van der Waals surface area (Å²) in [6.07, 6.45) is 4.78. The molecule has 0 saturated carbocycles. The van der Waals surface area contributed by atoms with E-state index in [0.717, 1.165) is 12.1 Å². The first-order valence-electron chi connectivity index (χ1n) is 6.28. The molecule has 4 N–H and O–H groups in total. The average Bonchev–Trinajstić information content (AvgIpc) is 2.87. The Kier molecular flexibility index (Phi) is 6.42. The predicted octanol–water partition coefficient (Wildman–Crippen LogP) is 1.10. The number of aromatic amines is 1. The first-order chi connectivity index (χ1) is 9.08. The molecule has 7 heteroatoms. The maximum atomic E-state index is 11.4. The van der Waals surface area contributed by atoms with Crippen molar-refractivity contribution in [2.45, 2.75) is 32.7 Å². The summed E-state index contributed by atoms with van der Waals surface area (Å²) in [6.45, 7) is 2.92. The number of amides is 2. The van der Waals surface area contributed by atoms with Gasteiger partial charge >= 0.3 is 12.0 Å². The Morgan fingerprint density at radius 2 is 2.21 bits per heavy atom. The van der Waals surface area contributed by atoms with Crippen LogP contribution in [0.15, 0.2) is 12.5 Å². The van der Waals surface area contributed by atoms with Crippen LogP contribution in [0.25, 0.3) is 0 Å². The van der Waals surface area contributed by atoms with Crippen molar-refractivity contribution in [3.8, 4) is 0 Å². The van der Waals surface area contributed by atoms with Crippen LogP contribution in [-0.4, -0.2) is 33.6 Å². The molecule has 0 aliphatic heterocycles. The molecule has 0 saturated heterocycles. The second-order valence-corrected chi connectivity index (χ2v) is 4.51. The van der Waals surface area contributed by atoms with Crippen LogP contribution < -0.4 is 10.6 Å². The molecule has 0 aliphatic carbocycles. The maximum absolute atomic E-state index is 11.4. The number of imidazole rings is 1. The van der Waals surface area contributed by atoms with E-state index in [1.165, 1.54) is 0 Å². The van der Waals surface area contributed by atoms with Crippen molar-refractivity contribution in [3.05, 3.63) is 18.2 Å². The van der Waals surface area contributed by atoms with Gasteiger partial charge in [0.05, 0.1) is 18.6 Å². The van der Waals surface area contributed by atoms with E-state index in [9.17, 15) is 9.59 Å². The Bertz CT molecular complexity index is 392. The Labute approximate surface area is 111 Å². The smallest absolute Gasteiger partial charge is 0.315 e. The number of hydrogen-bond acceptors (Lipinski definition) is 3. The standard InChI is InChI=1S/C12H20N4O3/c1-9(2-3-11(17)18)4-5-14-12(19)15-7-10-6-13-8-16-10/h6,8-9H,2-5,7H2,1H3,(H,13,16)(H,17,18)(H2,14,15,19). The summed E-state index contributed by atoms with van der Waals surface area (Å²) < 4.78 is 0. The highest BCUT2D eigenvalue weighted by molar-refractivity contribution is 5.73. The van der Waals surface area contributed by atoms with Crippen molar-refractivity contribution < 1.29 is 14.7 Å². The number of nitrogens with one attached hydrogen (secondary N) is 3. The molecule has 1 unspecified atom stereocenters. The van der Waals surface area contributed by atoms with Crippen molar-refractivity contribution in [1.29, 1.82) is 0 Å². The highest BCUT2D eigenvalue weighted by Crippen LogP contribution is 2.08. The van der Waals surface area contributed by atoms with E-state index in [4.69, 9.17) is 5.11 Å². The molecular weight excluding hydrogens is 248 g/mol. The summed E-state index contributed by atoms with van der Waals surface area (Å²) in [5.41, 5.74) is 0.838. The Morgan fingerprint density at radius 3 is 2.84 bits per heavy atom. The highest BCUT2D eigenvalue weighted by atomic mass is 16.4. The average molecular weight is 268 g/mol. The van der Waals surface area contributed by atoms with Gasteiger partial charge in [0.25, 0.3) is 0 Å². The van der Waals surface area contributed by atoms with Crippen LogP contribution in [0, 0.1) is 5.92 Å². The second-order valence-electron chi connectivity index (χ2n) is 4.51. The van der Waals surface area contributed by atoms with E-state index in [1.807, 2.05) is 6.92 Å². The topological polar surface area (TPSA) is 107 Å². The van der Waals surface area contributed by atoms with Crippen molar-refractivity contribution in [1.82, 2.24) is 20.6 Å². The van der Waals surface area contributed by atoms with Crippen LogP contribution in [0.3, 0.4) is 0 Å². The molecule has 0 fully saturated rings. The molecule has 1 rings (SSSR count). The fourth-order valence-electron chi connectivity index (χ4n) is 1.57. The number of carbonyl (C=O) groups excluding carboxylic acids is 1. The van der Waals surface area contributed by atoms with Gasteiger partial charge in [0, 0.05) is 19.2 Å². The van der Waals surface area contributed by atoms with Gasteiger partial charge in [-0.15, -0.1) is 0 Å². The molecule has 1 aromatic rings. The molecule has 0 spiro atoms. The number of H-pyrrole nitrogens is 1. The molecule has 0 radical (unpaired) electrons. The van der Waals surface area contributed by atoms with Crippen LogP contribution in [0.2, 0.25) is 0 Å². The van der Waals surface area contributed by atoms with Crippen LogP contribution in [0.5, 0.6) is 0 Å². The van der Waals surface area contributed by atoms with E-state index in [0.29, 0.717) is 19.5 Å². The largest absolute Gasteiger partial charge is 0.481 e. The molecule has 19 heavy (non-hydrogen) atoms. The summed E-state index contributed by atoms with van der Waals surface area (Å²) in [4.78, 5) is 28.6. The Balaban J connectivity index is 2.05. The molecule has 1 heterocycles.